The molecule has 1 heterocycles. The number of aliphatic imine (C=N–C) groups is 1. The van der Waals surface area contributed by atoms with Crippen molar-refractivity contribution in [2.24, 2.45) is 4.99 Å². The van der Waals surface area contributed by atoms with Crippen LogP contribution in [-0.2, 0) is 15.6 Å². The number of anilines is 1. The Morgan fingerprint density at radius 2 is 1.89 bits per heavy atom. The van der Waals surface area contributed by atoms with E-state index in [0.29, 0.717) is 31.2 Å². The van der Waals surface area contributed by atoms with E-state index in [1.165, 1.54) is 0 Å². The van der Waals surface area contributed by atoms with Gasteiger partial charge in [-0.2, -0.15) is 0 Å². The van der Waals surface area contributed by atoms with Gasteiger partial charge in [-0.25, -0.2) is 0 Å². The first-order valence-corrected chi connectivity index (χ1v) is 10.3. The Hall–Kier alpha value is -2.67. The summed E-state index contributed by atoms with van der Waals surface area (Å²) in [5, 5.41) is 9.37. The van der Waals surface area contributed by atoms with Crippen LogP contribution in [0.4, 0.5) is 5.69 Å². The summed E-state index contributed by atoms with van der Waals surface area (Å²) in [6.45, 7) is 1.15. The molecule has 2 unspecified atom stereocenters. The maximum atomic E-state index is 12.3. The Balaban J connectivity index is 1.50. The van der Waals surface area contributed by atoms with Crippen molar-refractivity contribution in [1.29, 1.82) is 0 Å². The van der Waals surface area contributed by atoms with E-state index >= 15 is 0 Å². The molecule has 0 aromatic heterocycles. The fourth-order valence-electron chi connectivity index (χ4n) is 3.08. The minimum Gasteiger partial charge on any atom is -0.356 e. The van der Waals surface area contributed by atoms with Gasteiger partial charge < -0.3 is 16.0 Å². The van der Waals surface area contributed by atoms with Crippen molar-refractivity contribution in [2.45, 2.75) is 17.2 Å². The smallest absolute Gasteiger partial charge is 0.225 e. The second-order valence-electron chi connectivity index (χ2n) is 6.28. The molecule has 3 rings (SSSR count). The molecular formula is C20H24N4O2S. The minimum atomic E-state index is -1.04. The van der Waals surface area contributed by atoms with Gasteiger partial charge in [0, 0.05) is 48.8 Å². The van der Waals surface area contributed by atoms with E-state index in [0.717, 1.165) is 16.1 Å². The van der Waals surface area contributed by atoms with Crippen LogP contribution in [0.2, 0.25) is 0 Å². The summed E-state index contributed by atoms with van der Waals surface area (Å²) in [6.07, 6.45) is 0.443. The van der Waals surface area contributed by atoms with Crippen molar-refractivity contribution in [1.82, 2.24) is 10.6 Å². The van der Waals surface area contributed by atoms with E-state index < -0.39 is 10.8 Å². The first-order chi connectivity index (χ1) is 13.2. The van der Waals surface area contributed by atoms with Crippen LogP contribution in [0.3, 0.4) is 0 Å². The van der Waals surface area contributed by atoms with Crippen LogP contribution in [0.15, 0.2) is 64.5 Å². The molecular weight excluding hydrogens is 360 g/mol. The van der Waals surface area contributed by atoms with Gasteiger partial charge >= 0.3 is 0 Å². The van der Waals surface area contributed by atoms with Gasteiger partial charge in [-0.15, -0.1) is 0 Å². The normalized spacial score (nSPS) is 17.6. The molecule has 0 fully saturated rings. The van der Waals surface area contributed by atoms with E-state index in [1.807, 2.05) is 54.6 Å². The highest BCUT2D eigenvalue weighted by Gasteiger charge is 2.24. The molecule has 0 saturated carbocycles. The van der Waals surface area contributed by atoms with Crippen LogP contribution in [0.5, 0.6) is 0 Å². The summed E-state index contributed by atoms with van der Waals surface area (Å²) in [5.74, 6) is 1.26. The highest BCUT2D eigenvalue weighted by Crippen LogP contribution is 2.31. The molecule has 2 aromatic rings. The number of nitrogens with zero attached hydrogens (tertiary/aromatic N) is 1. The SMILES string of the molecule is CN=C(NCCS(=O)c1ccccc1)NCC1CC(=O)Nc2ccccc21. The zero-order valence-corrected chi connectivity index (χ0v) is 16.1. The molecule has 27 heavy (non-hydrogen) atoms. The molecule has 2 atom stereocenters. The van der Waals surface area contributed by atoms with Gasteiger partial charge in [0.25, 0.3) is 0 Å². The fraction of sp³-hybridized carbons (Fsp3) is 0.300. The van der Waals surface area contributed by atoms with Crippen LogP contribution < -0.4 is 16.0 Å². The Morgan fingerprint density at radius 1 is 1.15 bits per heavy atom. The number of amides is 1. The second-order valence-corrected chi connectivity index (χ2v) is 7.85. The predicted octanol–water partition coefficient (Wildman–Crippen LogP) is 2.09. The molecule has 0 saturated heterocycles. The summed E-state index contributed by atoms with van der Waals surface area (Å²) in [6, 6.07) is 17.3. The molecule has 1 amide bonds. The monoisotopic (exact) mass is 384 g/mol. The third-order valence-electron chi connectivity index (χ3n) is 4.43. The summed E-state index contributed by atoms with van der Waals surface area (Å²) >= 11 is 0. The summed E-state index contributed by atoms with van der Waals surface area (Å²) < 4.78 is 12.3. The van der Waals surface area contributed by atoms with Gasteiger partial charge in [0.1, 0.15) is 0 Å². The standard InChI is InChI=1S/C20H24N4O2S/c1-21-20(22-11-12-27(26)16-7-3-2-4-8-16)23-14-15-13-19(25)24-18-10-6-5-9-17(15)18/h2-10,15H,11-14H2,1H3,(H,24,25)(H2,21,22,23). The third-order valence-corrected chi connectivity index (χ3v) is 5.80. The van der Waals surface area contributed by atoms with Crippen molar-refractivity contribution in [3.63, 3.8) is 0 Å². The van der Waals surface area contributed by atoms with Gasteiger partial charge in [0.2, 0.25) is 5.91 Å². The Kier molecular flexibility index (Phi) is 6.59. The van der Waals surface area contributed by atoms with Gasteiger partial charge in [0.05, 0.1) is 10.8 Å². The van der Waals surface area contributed by atoms with Crippen molar-refractivity contribution >= 4 is 28.4 Å². The lowest BCUT2D eigenvalue weighted by molar-refractivity contribution is -0.116. The number of rotatable bonds is 6. The number of hydrogen-bond acceptors (Lipinski definition) is 3. The number of fused-ring (bicyclic) bond motifs is 1. The molecule has 142 valence electrons. The van der Waals surface area contributed by atoms with E-state index in [2.05, 4.69) is 20.9 Å². The largest absolute Gasteiger partial charge is 0.356 e. The predicted molar refractivity (Wildman–Crippen MR) is 110 cm³/mol. The van der Waals surface area contributed by atoms with Crippen molar-refractivity contribution in [2.75, 3.05) is 31.2 Å². The molecule has 0 bridgehead atoms. The van der Waals surface area contributed by atoms with Crippen molar-refractivity contribution < 1.29 is 9.00 Å². The molecule has 0 spiro atoms. The maximum Gasteiger partial charge on any atom is 0.225 e. The summed E-state index contributed by atoms with van der Waals surface area (Å²) in [4.78, 5) is 17.0. The minimum absolute atomic E-state index is 0.0294. The number of carbonyl (C=O) groups excluding carboxylic acids is 1. The van der Waals surface area contributed by atoms with Crippen LogP contribution >= 0.6 is 0 Å². The zero-order valence-electron chi connectivity index (χ0n) is 15.3. The van der Waals surface area contributed by atoms with Gasteiger partial charge in [-0.05, 0) is 23.8 Å². The van der Waals surface area contributed by atoms with E-state index in [-0.39, 0.29) is 11.8 Å². The molecule has 0 aliphatic carbocycles. The van der Waals surface area contributed by atoms with Gasteiger partial charge in [-0.1, -0.05) is 36.4 Å². The Bertz CT molecular complexity index is 839. The Morgan fingerprint density at radius 3 is 2.67 bits per heavy atom. The highest BCUT2D eigenvalue weighted by atomic mass is 32.2. The molecule has 7 heteroatoms. The van der Waals surface area contributed by atoms with Crippen LogP contribution in [0, 0.1) is 0 Å². The Labute approximate surface area is 161 Å². The van der Waals surface area contributed by atoms with Crippen LogP contribution in [0.1, 0.15) is 17.9 Å². The van der Waals surface area contributed by atoms with Crippen molar-refractivity contribution in [3.8, 4) is 0 Å². The average Bonchev–Trinajstić information content (AvgIpc) is 2.70. The molecule has 1 aliphatic heterocycles. The molecule has 1 aliphatic rings. The van der Waals surface area contributed by atoms with Crippen LogP contribution in [-0.4, -0.2) is 42.0 Å². The van der Waals surface area contributed by atoms with Crippen molar-refractivity contribution in [3.05, 3.63) is 60.2 Å². The fourth-order valence-corrected chi connectivity index (χ4v) is 4.06. The molecule has 0 radical (unpaired) electrons. The lowest BCUT2D eigenvalue weighted by Gasteiger charge is -2.26. The quantitative estimate of drug-likeness (QED) is 0.526. The zero-order chi connectivity index (χ0) is 19.1. The van der Waals surface area contributed by atoms with E-state index in [4.69, 9.17) is 0 Å². The lowest BCUT2D eigenvalue weighted by atomic mass is 9.90. The molecule has 6 nitrogen and oxygen atoms in total. The number of nitrogens with one attached hydrogen (secondary N) is 3. The number of carbonyl (C=O) groups is 1. The summed E-state index contributed by atoms with van der Waals surface area (Å²) in [5.41, 5.74) is 2.01. The number of hydrogen-bond donors (Lipinski definition) is 3. The second kappa shape index (κ2) is 9.32. The van der Waals surface area contributed by atoms with E-state index in [1.54, 1.807) is 7.05 Å². The average molecular weight is 385 g/mol. The van der Waals surface area contributed by atoms with Gasteiger partial charge in [0.15, 0.2) is 5.96 Å². The topological polar surface area (TPSA) is 82.6 Å². The molecule has 2 aromatic carbocycles. The lowest BCUT2D eigenvalue weighted by Crippen LogP contribution is -2.42. The molecule has 3 N–H and O–H groups in total. The highest BCUT2D eigenvalue weighted by molar-refractivity contribution is 7.85. The van der Waals surface area contributed by atoms with Crippen LogP contribution in [0.25, 0.3) is 0 Å². The third kappa shape index (κ3) is 5.17. The number of benzene rings is 2. The number of para-hydroxylation sites is 1. The maximum absolute atomic E-state index is 12.3. The number of guanidine groups is 1. The first-order valence-electron chi connectivity index (χ1n) is 8.94. The van der Waals surface area contributed by atoms with E-state index in [9.17, 15) is 9.00 Å². The summed E-state index contributed by atoms with van der Waals surface area (Å²) in [7, 11) is 0.657. The first kappa shape index (κ1) is 19.1. The van der Waals surface area contributed by atoms with Gasteiger partial charge in [-0.3, -0.25) is 14.0 Å².